The third-order valence-electron chi connectivity index (χ3n) is 1.56. The standard InChI is InChI=1S/C9H12O.FH/c1-7-3-5-9(6-4-7)8(2)10;/h3-6,8,10H,1-2H3;1H. The molecule has 1 rings (SSSR count). The predicted octanol–water partition coefficient (Wildman–Crippen LogP) is 2.20. The Morgan fingerprint density at radius 1 is 1.18 bits per heavy atom. The summed E-state index contributed by atoms with van der Waals surface area (Å²) >= 11 is 0. The number of halogens is 1. The first kappa shape index (κ1) is 10.1. The number of aliphatic hydroxyl groups excluding tert-OH is 1. The summed E-state index contributed by atoms with van der Waals surface area (Å²) < 4.78 is 0. The van der Waals surface area contributed by atoms with E-state index in [1.54, 1.807) is 6.92 Å². The van der Waals surface area contributed by atoms with Crippen LogP contribution in [-0.2, 0) is 0 Å². The Bertz CT molecular complexity index is 203. The molecule has 0 saturated heterocycles. The number of rotatable bonds is 1. The lowest BCUT2D eigenvalue weighted by atomic mass is 10.1. The summed E-state index contributed by atoms with van der Waals surface area (Å²) in [4.78, 5) is 0. The molecular weight excluding hydrogens is 143 g/mol. The second-order valence-corrected chi connectivity index (χ2v) is 2.59. The fraction of sp³-hybridized carbons (Fsp3) is 0.333. The van der Waals surface area contributed by atoms with Crippen LogP contribution in [0.15, 0.2) is 24.3 Å². The van der Waals surface area contributed by atoms with Gasteiger partial charge < -0.3 is 5.11 Å². The molecule has 1 atom stereocenters. The minimum atomic E-state index is -0.347. The predicted molar refractivity (Wildman–Crippen MR) is 44.3 cm³/mol. The van der Waals surface area contributed by atoms with Gasteiger partial charge in [-0.2, -0.15) is 0 Å². The van der Waals surface area contributed by atoms with Crippen molar-refractivity contribution in [2.75, 3.05) is 0 Å². The first-order chi connectivity index (χ1) is 4.70. The number of benzene rings is 1. The molecule has 62 valence electrons. The van der Waals surface area contributed by atoms with Gasteiger partial charge >= 0.3 is 0 Å². The fourth-order valence-corrected chi connectivity index (χ4v) is 0.845. The molecule has 1 N–H and O–H groups in total. The van der Waals surface area contributed by atoms with Crippen molar-refractivity contribution in [2.24, 2.45) is 0 Å². The molecule has 0 radical (unpaired) electrons. The van der Waals surface area contributed by atoms with Crippen LogP contribution in [0.1, 0.15) is 24.2 Å². The first-order valence-electron chi connectivity index (χ1n) is 3.45. The van der Waals surface area contributed by atoms with Crippen molar-refractivity contribution in [3.05, 3.63) is 35.4 Å². The van der Waals surface area contributed by atoms with Gasteiger partial charge in [0, 0.05) is 0 Å². The highest BCUT2D eigenvalue weighted by molar-refractivity contribution is 5.22. The number of hydrogen-bond donors (Lipinski definition) is 1. The summed E-state index contributed by atoms with van der Waals surface area (Å²) in [5, 5.41) is 9.11. The van der Waals surface area contributed by atoms with Crippen molar-refractivity contribution in [1.82, 2.24) is 0 Å². The van der Waals surface area contributed by atoms with Crippen LogP contribution in [0.25, 0.3) is 0 Å². The van der Waals surface area contributed by atoms with Crippen LogP contribution in [0, 0.1) is 6.92 Å². The SMILES string of the molecule is Cc1ccc(C(C)O)cc1.F. The number of aryl methyl sites for hydroxylation is 1. The van der Waals surface area contributed by atoms with Crippen molar-refractivity contribution < 1.29 is 9.81 Å². The Labute approximate surface area is 66.0 Å². The molecule has 1 aromatic rings. The molecule has 0 spiro atoms. The van der Waals surface area contributed by atoms with Crippen LogP contribution >= 0.6 is 0 Å². The summed E-state index contributed by atoms with van der Waals surface area (Å²) in [7, 11) is 0. The van der Waals surface area contributed by atoms with Crippen molar-refractivity contribution in [3.63, 3.8) is 0 Å². The van der Waals surface area contributed by atoms with E-state index >= 15 is 0 Å². The lowest BCUT2D eigenvalue weighted by Gasteiger charge is -2.02. The quantitative estimate of drug-likeness (QED) is 0.660. The van der Waals surface area contributed by atoms with Gasteiger partial charge in [0.15, 0.2) is 0 Å². The van der Waals surface area contributed by atoms with Crippen LogP contribution in [0.3, 0.4) is 0 Å². The van der Waals surface area contributed by atoms with Crippen LogP contribution in [0.4, 0.5) is 4.70 Å². The molecule has 0 bridgehead atoms. The molecular formula is C9H13FO. The van der Waals surface area contributed by atoms with Crippen LogP contribution in [0.5, 0.6) is 0 Å². The zero-order valence-corrected chi connectivity index (χ0v) is 6.74. The second kappa shape index (κ2) is 4.09. The largest absolute Gasteiger partial charge is 0.389 e. The third-order valence-corrected chi connectivity index (χ3v) is 1.56. The summed E-state index contributed by atoms with van der Waals surface area (Å²) in [6.45, 7) is 3.80. The Hall–Kier alpha value is -0.890. The van der Waals surface area contributed by atoms with Gasteiger partial charge in [-0.1, -0.05) is 29.8 Å². The van der Waals surface area contributed by atoms with E-state index in [4.69, 9.17) is 5.11 Å². The van der Waals surface area contributed by atoms with Gasteiger partial charge in [-0.15, -0.1) is 0 Å². The smallest absolute Gasteiger partial charge is 0.0761 e. The zero-order valence-electron chi connectivity index (χ0n) is 6.74. The van der Waals surface area contributed by atoms with E-state index < -0.39 is 0 Å². The molecule has 0 amide bonds. The fourth-order valence-electron chi connectivity index (χ4n) is 0.845. The molecule has 0 saturated carbocycles. The zero-order chi connectivity index (χ0) is 7.56. The normalized spacial score (nSPS) is 11.9. The average molecular weight is 156 g/mol. The Kier molecular flexibility index (Phi) is 3.76. The molecule has 0 aliphatic rings. The minimum absolute atomic E-state index is 0. The number of aliphatic hydroxyl groups is 1. The van der Waals surface area contributed by atoms with Crippen molar-refractivity contribution in [2.45, 2.75) is 20.0 Å². The van der Waals surface area contributed by atoms with Gasteiger partial charge in [0.2, 0.25) is 0 Å². The van der Waals surface area contributed by atoms with Crippen LogP contribution in [-0.4, -0.2) is 5.11 Å². The highest BCUT2D eigenvalue weighted by Crippen LogP contribution is 2.11. The summed E-state index contributed by atoms with van der Waals surface area (Å²) in [5.41, 5.74) is 2.20. The van der Waals surface area contributed by atoms with E-state index in [0.29, 0.717) is 0 Å². The highest BCUT2D eigenvalue weighted by atomic mass is 19.0. The molecule has 1 nitrogen and oxygen atoms in total. The molecule has 11 heavy (non-hydrogen) atoms. The molecule has 0 aliphatic heterocycles. The molecule has 0 aromatic heterocycles. The van der Waals surface area contributed by atoms with Crippen LogP contribution in [0.2, 0.25) is 0 Å². The number of hydrogen-bond acceptors (Lipinski definition) is 1. The van der Waals surface area contributed by atoms with E-state index in [9.17, 15) is 0 Å². The third kappa shape index (κ3) is 2.68. The van der Waals surface area contributed by atoms with Crippen molar-refractivity contribution >= 4 is 0 Å². The van der Waals surface area contributed by atoms with Gasteiger partial charge in [0.1, 0.15) is 0 Å². The Morgan fingerprint density at radius 3 is 2.00 bits per heavy atom. The average Bonchev–Trinajstić information content (AvgIpc) is 1.88. The first-order valence-corrected chi connectivity index (χ1v) is 3.45. The van der Waals surface area contributed by atoms with E-state index in [1.165, 1.54) is 5.56 Å². The lowest BCUT2D eigenvalue weighted by molar-refractivity contribution is 0.199. The summed E-state index contributed by atoms with van der Waals surface area (Å²) in [5.74, 6) is 0. The van der Waals surface area contributed by atoms with Crippen molar-refractivity contribution in [1.29, 1.82) is 0 Å². The van der Waals surface area contributed by atoms with Crippen molar-refractivity contribution in [3.8, 4) is 0 Å². The van der Waals surface area contributed by atoms with E-state index in [1.807, 2.05) is 31.2 Å². The monoisotopic (exact) mass is 156 g/mol. The summed E-state index contributed by atoms with van der Waals surface area (Å²) in [6.07, 6.45) is -0.347. The minimum Gasteiger partial charge on any atom is -0.389 e. The summed E-state index contributed by atoms with van der Waals surface area (Å²) in [6, 6.07) is 7.89. The molecule has 1 aromatic carbocycles. The second-order valence-electron chi connectivity index (χ2n) is 2.59. The maximum atomic E-state index is 9.11. The van der Waals surface area contributed by atoms with Gasteiger partial charge in [0.05, 0.1) is 6.10 Å². The van der Waals surface area contributed by atoms with Crippen LogP contribution < -0.4 is 0 Å². The Balaban J connectivity index is 0.000001000. The molecule has 0 heterocycles. The molecule has 1 unspecified atom stereocenters. The molecule has 2 heteroatoms. The van der Waals surface area contributed by atoms with E-state index in [-0.39, 0.29) is 10.8 Å². The van der Waals surface area contributed by atoms with Gasteiger partial charge in [-0.3, -0.25) is 4.70 Å². The lowest BCUT2D eigenvalue weighted by Crippen LogP contribution is -1.89. The van der Waals surface area contributed by atoms with E-state index in [2.05, 4.69) is 0 Å². The maximum absolute atomic E-state index is 9.11. The highest BCUT2D eigenvalue weighted by Gasteiger charge is 1.96. The maximum Gasteiger partial charge on any atom is 0.0761 e. The molecule has 0 aliphatic carbocycles. The van der Waals surface area contributed by atoms with Gasteiger partial charge in [-0.25, -0.2) is 0 Å². The van der Waals surface area contributed by atoms with Gasteiger partial charge in [0.25, 0.3) is 0 Å². The Morgan fingerprint density at radius 2 is 1.64 bits per heavy atom. The molecule has 0 fully saturated rings. The van der Waals surface area contributed by atoms with E-state index in [0.717, 1.165) is 5.56 Å². The topological polar surface area (TPSA) is 20.2 Å². The van der Waals surface area contributed by atoms with Gasteiger partial charge in [-0.05, 0) is 19.4 Å².